The molecule has 1 heterocycles. The summed E-state index contributed by atoms with van der Waals surface area (Å²) in [5.41, 5.74) is -4.28. The van der Waals surface area contributed by atoms with Crippen molar-refractivity contribution in [1.29, 1.82) is 0 Å². The molecular formula is C16H15F3N2O4. The number of carbonyl (C=O) groups excluding carboxylic acids is 3. The van der Waals surface area contributed by atoms with E-state index in [9.17, 15) is 27.6 Å². The molecule has 1 aromatic rings. The minimum absolute atomic E-state index is 0.0785. The highest BCUT2D eigenvalue weighted by Crippen LogP contribution is 2.41. The molecule has 25 heavy (non-hydrogen) atoms. The van der Waals surface area contributed by atoms with E-state index in [1.165, 1.54) is 18.2 Å². The van der Waals surface area contributed by atoms with E-state index in [1.807, 2.05) is 5.32 Å². The van der Waals surface area contributed by atoms with Crippen molar-refractivity contribution in [3.63, 3.8) is 0 Å². The number of rotatable bonds is 3. The predicted octanol–water partition coefficient (Wildman–Crippen LogP) is 1.60. The molecule has 0 aromatic heterocycles. The summed E-state index contributed by atoms with van der Waals surface area (Å²) in [5.74, 6) is -4.08. The Morgan fingerprint density at radius 3 is 2.40 bits per heavy atom. The van der Waals surface area contributed by atoms with Gasteiger partial charge in [-0.05, 0) is 26.0 Å². The predicted molar refractivity (Wildman–Crippen MR) is 80.3 cm³/mol. The largest absolute Gasteiger partial charge is 0.466 e. The van der Waals surface area contributed by atoms with Crippen molar-refractivity contribution in [3.05, 3.63) is 46.7 Å². The molecule has 0 bridgehead atoms. The van der Waals surface area contributed by atoms with Gasteiger partial charge in [-0.2, -0.15) is 13.2 Å². The molecule has 0 saturated carbocycles. The monoisotopic (exact) mass is 356 g/mol. The first kappa shape index (κ1) is 18.5. The van der Waals surface area contributed by atoms with Crippen LogP contribution in [0.15, 0.2) is 35.5 Å². The second-order valence-electron chi connectivity index (χ2n) is 5.52. The third kappa shape index (κ3) is 2.97. The minimum Gasteiger partial charge on any atom is -0.466 e. The van der Waals surface area contributed by atoms with Crippen molar-refractivity contribution in [3.8, 4) is 0 Å². The van der Waals surface area contributed by atoms with E-state index in [1.54, 1.807) is 18.3 Å². The van der Waals surface area contributed by atoms with E-state index < -0.39 is 35.1 Å². The van der Waals surface area contributed by atoms with E-state index >= 15 is 0 Å². The molecule has 1 aliphatic heterocycles. The topological polar surface area (TPSA) is 84.5 Å². The van der Waals surface area contributed by atoms with Crippen LogP contribution in [-0.2, 0) is 14.3 Å². The number of hydrogen-bond acceptors (Lipinski definition) is 4. The molecule has 0 fully saturated rings. The van der Waals surface area contributed by atoms with E-state index in [0.29, 0.717) is 5.56 Å². The van der Waals surface area contributed by atoms with Gasteiger partial charge in [0, 0.05) is 11.3 Å². The molecule has 1 aromatic carbocycles. The zero-order chi connectivity index (χ0) is 19.0. The molecule has 0 radical (unpaired) electrons. The third-order valence-corrected chi connectivity index (χ3v) is 3.79. The summed E-state index contributed by atoms with van der Waals surface area (Å²) in [5, 5.41) is 3.64. The fraction of sp³-hybridized carbons (Fsp3) is 0.312. The quantitative estimate of drug-likeness (QED) is 0.806. The Balaban J connectivity index is 2.58. The number of methoxy groups -OCH3 is 1. The summed E-state index contributed by atoms with van der Waals surface area (Å²) >= 11 is 0. The first-order valence-corrected chi connectivity index (χ1v) is 7.11. The van der Waals surface area contributed by atoms with Crippen molar-refractivity contribution >= 4 is 17.8 Å². The Morgan fingerprint density at radius 1 is 1.24 bits per heavy atom. The van der Waals surface area contributed by atoms with Crippen LogP contribution in [0.25, 0.3) is 0 Å². The maximum atomic E-state index is 13.8. The van der Waals surface area contributed by atoms with Crippen LogP contribution in [0.3, 0.4) is 0 Å². The maximum absolute atomic E-state index is 13.8. The highest BCUT2D eigenvalue weighted by molar-refractivity contribution is 6.11. The van der Waals surface area contributed by atoms with Crippen LogP contribution in [0, 0.1) is 6.92 Å². The van der Waals surface area contributed by atoms with Crippen molar-refractivity contribution in [2.75, 3.05) is 7.11 Å². The lowest BCUT2D eigenvalue weighted by molar-refractivity contribution is -0.188. The molecule has 0 spiro atoms. The van der Waals surface area contributed by atoms with Crippen LogP contribution in [0.4, 0.5) is 13.2 Å². The van der Waals surface area contributed by atoms with Crippen molar-refractivity contribution in [1.82, 2.24) is 10.6 Å². The van der Waals surface area contributed by atoms with E-state index in [4.69, 9.17) is 0 Å². The van der Waals surface area contributed by atoms with Crippen molar-refractivity contribution in [2.45, 2.75) is 25.6 Å². The van der Waals surface area contributed by atoms with Crippen LogP contribution in [0.1, 0.15) is 22.8 Å². The number of amides is 2. The third-order valence-electron chi connectivity index (χ3n) is 3.79. The van der Waals surface area contributed by atoms with Crippen LogP contribution >= 0.6 is 0 Å². The molecule has 0 unspecified atom stereocenters. The standard InChI is InChI=1S/C16H15F3N2O4/c1-8-5-4-6-10(7-8)12(22)21-15(16(17,18)19)11(13(23)25-3)9(2)20-14(15)24/h4-7H,1-3H3,(H,20,24)(H,21,22)/t15-/m0/s1. The maximum Gasteiger partial charge on any atom is 0.425 e. The minimum atomic E-state index is -5.27. The number of halogens is 3. The van der Waals surface area contributed by atoms with Gasteiger partial charge in [-0.15, -0.1) is 0 Å². The average molecular weight is 356 g/mol. The number of esters is 1. The number of nitrogens with one attached hydrogen (secondary N) is 2. The van der Waals surface area contributed by atoms with Crippen LogP contribution in [0.2, 0.25) is 0 Å². The lowest BCUT2D eigenvalue weighted by Crippen LogP contribution is -2.66. The number of hydrogen-bond donors (Lipinski definition) is 2. The van der Waals surface area contributed by atoms with Gasteiger partial charge in [-0.1, -0.05) is 17.7 Å². The fourth-order valence-corrected chi connectivity index (χ4v) is 2.62. The van der Waals surface area contributed by atoms with E-state index in [0.717, 1.165) is 14.0 Å². The van der Waals surface area contributed by atoms with Gasteiger partial charge in [0.25, 0.3) is 11.8 Å². The summed E-state index contributed by atoms with van der Waals surface area (Å²) in [4.78, 5) is 36.4. The van der Waals surface area contributed by atoms with E-state index in [2.05, 4.69) is 4.74 Å². The smallest absolute Gasteiger partial charge is 0.425 e. The molecule has 1 aliphatic rings. The van der Waals surface area contributed by atoms with Crippen molar-refractivity contribution < 1.29 is 32.3 Å². The summed E-state index contributed by atoms with van der Waals surface area (Å²) in [6, 6.07) is 5.80. The summed E-state index contributed by atoms with van der Waals surface area (Å²) in [7, 11) is 0.884. The molecule has 2 N–H and O–H groups in total. The SMILES string of the molecule is COC(=O)C1=C(C)NC(=O)[C@]1(NC(=O)c1cccc(C)c1)C(F)(F)F. The zero-order valence-corrected chi connectivity index (χ0v) is 13.6. The average Bonchev–Trinajstić information content (AvgIpc) is 2.77. The van der Waals surface area contributed by atoms with Crippen LogP contribution in [0.5, 0.6) is 0 Å². The van der Waals surface area contributed by atoms with Gasteiger partial charge in [-0.3, -0.25) is 9.59 Å². The Morgan fingerprint density at radius 2 is 1.88 bits per heavy atom. The molecule has 2 rings (SSSR count). The molecule has 134 valence electrons. The number of benzene rings is 1. The normalized spacial score (nSPS) is 20.3. The Bertz CT molecular complexity index is 786. The summed E-state index contributed by atoms with van der Waals surface area (Å²) in [6.07, 6.45) is -5.27. The van der Waals surface area contributed by atoms with Gasteiger partial charge in [0.05, 0.1) is 7.11 Å². The van der Waals surface area contributed by atoms with Gasteiger partial charge in [0.15, 0.2) is 0 Å². The fourth-order valence-electron chi connectivity index (χ4n) is 2.62. The molecular weight excluding hydrogens is 341 g/mol. The van der Waals surface area contributed by atoms with Crippen LogP contribution < -0.4 is 10.6 Å². The van der Waals surface area contributed by atoms with Gasteiger partial charge >= 0.3 is 12.1 Å². The number of ether oxygens (including phenoxy) is 1. The first-order valence-electron chi connectivity index (χ1n) is 7.11. The second kappa shape index (κ2) is 6.23. The van der Waals surface area contributed by atoms with Gasteiger partial charge in [0.2, 0.25) is 5.54 Å². The molecule has 1 atom stereocenters. The first-order chi connectivity index (χ1) is 11.5. The van der Waals surface area contributed by atoms with Crippen molar-refractivity contribution in [2.24, 2.45) is 0 Å². The van der Waals surface area contributed by atoms with Gasteiger partial charge < -0.3 is 15.4 Å². The van der Waals surface area contributed by atoms with Crippen LogP contribution in [-0.4, -0.2) is 36.6 Å². The Labute approximate surface area is 141 Å². The summed E-state index contributed by atoms with van der Waals surface area (Å²) in [6.45, 7) is 2.78. The van der Waals surface area contributed by atoms with E-state index in [-0.39, 0.29) is 11.3 Å². The van der Waals surface area contributed by atoms with Gasteiger partial charge in [-0.25, -0.2) is 4.79 Å². The molecule has 0 saturated heterocycles. The highest BCUT2D eigenvalue weighted by Gasteiger charge is 2.69. The lowest BCUT2D eigenvalue weighted by atomic mass is 9.88. The number of carbonyl (C=O) groups is 3. The zero-order valence-electron chi connectivity index (χ0n) is 13.6. The Kier molecular flexibility index (Phi) is 4.61. The molecule has 6 nitrogen and oxygen atoms in total. The number of alkyl halides is 3. The molecule has 9 heteroatoms. The van der Waals surface area contributed by atoms with Gasteiger partial charge in [0.1, 0.15) is 5.57 Å². The number of aryl methyl sites for hydroxylation is 1. The molecule has 0 aliphatic carbocycles. The molecule has 2 amide bonds. The lowest BCUT2D eigenvalue weighted by Gasteiger charge is -2.31. The highest BCUT2D eigenvalue weighted by atomic mass is 19.4. The summed E-state index contributed by atoms with van der Waals surface area (Å²) < 4.78 is 45.8. The second-order valence-corrected chi connectivity index (χ2v) is 5.52. The Hall–Kier alpha value is -2.84. The number of allylic oxidation sites excluding steroid dienone is 1.